The summed E-state index contributed by atoms with van der Waals surface area (Å²) in [4.78, 5) is 10.5. The molecular formula is C8H18N2O2. The third-order valence-electron chi connectivity index (χ3n) is 1.82. The van der Waals surface area contributed by atoms with Gasteiger partial charge in [0.25, 0.3) is 0 Å². The molecule has 0 aliphatic heterocycles. The lowest BCUT2D eigenvalue weighted by molar-refractivity contribution is -0.139. The first-order valence-electron chi connectivity index (χ1n) is 4.27. The minimum Gasteiger partial charge on any atom is -0.480 e. The number of carboxylic acids is 1. The van der Waals surface area contributed by atoms with Crippen LogP contribution in [-0.4, -0.2) is 37.8 Å². The van der Waals surface area contributed by atoms with E-state index in [0.29, 0.717) is 6.42 Å². The Hall–Kier alpha value is -0.610. The fourth-order valence-corrected chi connectivity index (χ4v) is 1.04. The van der Waals surface area contributed by atoms with Crippen LogP contribution in [0.3, 0.4) is 0 Å². The molecule has 0 saturated carbocycles. The summed E-state index contributed by atoms with van der Waals surface area (Å²) in [5, 5.41) is 14.4. The van der Waals surface area contributed by atoms with E-state index in [9.17, 15) is 4.79 Å². The van der Waals surface area contributed by atoms with Crippen LogP contribution in [0.1, 0.15) is 19.3 Å². The molecule has 0 spiro atoms. The van der Waals surface area contributed by atoms with Gasteiger partial charge in [0.2, 0.25) is 0 Å². The van der Waals surface area contributed by atoms with E-state index in [1.165, 1.54) is 0 Å². The van der Waals surface area contributed by atoms with Crippen molar-refractivity contribution in [1.82, 2.24) is 10.6 Å². The van der Waals surface area contributed by atoms with E-state index in [-0.39, 0.29) is 6.04 Å². The summed E-state index contributed by atoms with van der Waals surface area (Å²) >= 11 is 0. The van der Waals surface area contributed by atoms with Gasteiger partial charge in [-0.25, -0.2) is 0 Å². The van der Waals surface area contributed by atoms with Crippen molar-refractivity contribution in [2.45, 2.75) is 25.3 Å². The monoisotopic (exact) mass is 174 g/mol. The van der Waals surface area contributed by atoms with Gasteiger partial charge in [0, 0.05) is 0 Å². The molecule has 3 N–H and O–H groups in total. The average Bonchev–Trinajstić information content (AvgIpc) is 2.04. The molecule has 0 saturated heterocycles. The highest BCUT2D eigenvalue weighted by molar-refractivity contribution is 5.73. The number of likely N-dealkylation sites (N-methyl/N-ethyl adjacent to an activating group) is 1. The topological polar surface area (TPSA) is 61.4 Å². The number of rotatable bonds is 7. The maximum absolute atomic E-state index is 10.5. The number of carboxylic acid groups (broad SMARTS) is 1. The Bertz CT molecular complexity index is 128. The van der Waals surface area contributed by atoms with E-state index >= 15 is 0 Å². The normalized spacial score (nSPS) is 12.8. The number of carbonyl (C=O) groups is 1. The predicted molar refractivity (Wildman–Crippen MR) is 48.3 cm³/mol. The second-order valence-corrected chi connectivity index (χ2v) is 2.78. The summed E-state index contributed by atoms with van der Waals surface area (Å²) in [7, 11) is 3.57. The fourth-order valence-electron chi connectivity index (χ4n) is 1.04. The lowest BCUT2D eigenvalue weighted by Gasteiger charge is -2.09. The summed E-state index contributed by atoms with van der Waals surface area (Å²) in [5.41, 5.74) is 0. The summed E-state index contributed by atoms with van der Waals surface area (Å²) in [6.45, 7) is 0.954. The molecule has 12 heavy (non-hydrogen) atoms. The Kier molecular flexibility index (Phi) is 6.70. The number of nitrogens with one attached hydrogen (secondary N) is 2. The van der Waals surface area contributed by atoms with Crippen LogP contribution in [0.25, 0.3) is 0 Å². The number of hydrogen-bond acceptors (Lipinski definition) is 3. The lowest BCUT2D eigenvalue weighted by Crippen LogP contribution is -2.33. The van der Waals surface area contributed by atoms with Crippen LogP contribution in [0.4, 0.5) is 0 Å². The Morgan fingerprint density at radius 3 is 2.50 bits per heavy atom. The van der Waals surface area contributed by atoms with Crippen LogP contribution < -0.4 is 10.6 Å². The molecule has 4 nitrogen and oxygen atoms in total. The molecule has 1 unspecified atom stereocenters. The highest BCUT2D eigenvalue weighted by atomic mass is 16.4. The molecule has 0 aliphatic rings. The van der Waals surface area contributed by atoms with E-state index in [2.05, 4.69) is 10.6 Å². The smallest absolute Gasteiger partial charge is 0.320 e. The van der Waals surface area contributed by atoms with Gasteiger partial charge in [-0.15, -0.1) is 0 Å². The van der Waals surface area contributed by atoms with Gasteiger partial charge in [0.15, 0.2) is 0 Å². The molecule has 0 radical (unpaired) electrons. The van der Waals surface area contributed by atoms with Crippen molar-refractivity contribution in [2.24, 2.45) is 0 Å². The Balaban J connectivity index is 3.38. The van der Waals surface area contributed by atoms with Crippen LogP contribution in [0.5, 0.6) is 0 Å². The van der Waals surface area contributed by atoms with Crippen molar-refractivity contribution < 1.29 is 9.90 Å². The van der Waals surface area contributed by atoms with Crippen molar-refractivity contribution >= 4 is 5.97 Å². The predicted octanol–water partition coefficient (Wildman–Crippen LogP) is 0.0487. The molecular weight excluding hydrogens is 156 g/mol. The molecule has 0 aliphatic carbocycles. The first-order chi connectivity index (χ1) is 5.72. The molecule has 0 aromatic heterocycles. The fraction of sp³-hybridized carbons (Fsp3) is 0.875. The highest BCUT2D eigenvalue weighted by Crippen LogP contribution is 1.99. The number of aliphatic carboxylic acids is 1. The van der Waals surface area contributed by atoms with E-state index < -0.39 is 5.97 Å². The van der Waals surface area contributed by atoms with Gasteiger partial charge in [0.1, 0.15) is 6.04 Å². The Labute approximate surface area is 73.3 Å². The maximum atomic E-state index is 10.5. The van der Waals surface area contributed by atoms with Gasteiger partial charge in [-0.05, 0) is 33.5 Å². The zero-order valence-corrected chi connectivity index (χ0v) is 7.76. The van der Waals surface area contributed by atoms with E-state index in [0.717, 1.165) is 19.4 Å². The summed E-state index contributed by atoms with van der Waals surface area (Å²) in [6.07, 6.45) is 2.67. The van der Waals surface area contributed by atoms with Gasteiger partial charge >= 0.3 is 5.97 Å². The minimum atomic E-state index is -0.762. The van der Waals surface area contributed by atoms with Gasteiger partial charge in [0.05, 0.1) is 0 Å². The molecule has 0 aromatic carbocycles. The molecule has 0 amide bonds. The van der Waals surface area contributed by atoms with Gasteiger partial charge in [-0.2, -0.15) is 0 Å². The minimum absolute atomic E-state index is 0.387. The largest absolute Gasteiger partial charge is 0.480 e. The summed E-state index contributed by atoms with van der Waals surface area (Å²) in [6, 6.07) is -0.387. The van der Waals surface area contributed by atoms with Crippen molar-refractivity contribution in [3.63, 3.8) is 0 Å². The van der Waals surface area contributed by atoms with Crippen LogP contribution >= 0.6 is 0 Å². The molecule has 0 heterocycles. The SMILES string of the molecule is CNCCCCC(NC)C(=O)O. The second kappa shape index (κ2) is 7.06. The molecule has 0 fully saturated rings. The van der Waals surface area contributed by atoms with Crippen molar-refractivity contribution in [1.29, 1.82) is 0 Å². The third kappa shape index (κ3) is 5.09. The summed E-state index contributed by atoms with van der Waals surface area (Å²) in [5.74, 6) is -0.762. The van der Waals surface area contributed by atoms with Crippen molar-refractivity contribution in [3.8, 4) is 0 Å². The van der Waals surface area contributed by atoms with E-state index in [1.807, 2.05) is 7.05 Å². The van der Waals surface area contributed by atoms with Crippen LogP contribution in [0.15, 0.2) is 0 Å². The molecule has 0 rings (SSSR count). The third-order valence-corrected chi connectivity index (χ3v) is 1.82. The molecule has 1 atom stereocenters. The van der Waals surface area contributed by atoms with Gasteiger partial charge < -0.3 is 15.7 Å². The van der Waals surface area contributed by atoms with Crippen LogP contribution in [-0.2, 0) is 4.79 Å². The Morgan fingerprint density at radius 1 is 1.42 bits per heavy atom. The van der Waals surface area contributed by atoms with Crippen molar-refractivity contribution in [3.05, 3.63) is 0 Å². The standard InChI is InChI=1S/C8H18N2O2/c1-9-6-4-3-5-7(10-2)8(11)12/h7,9-10H,3-6H2,1-2H3,(H,11,12). The second-order valence-electron chi connectivity index (χ2n) is 2.78. The summed E-state index contributed by atoms with van der Waals surface area (Å²) < 4.78 is 0. The first-order valence-corrected chi connectivity index (χ1v) is 4.27. The maximum Gasteiger partial charge on any atom is 0.320 e. The average molecular weight is 174 g/mol. The Morgan fingerprint density at radius 2 is 2.08 bits per heavy atom. The van der Waals surface area contributed by atoms with Crippen molar-refractivity contribution in [2.75, 3.05) is 20.6 Å². The first kappa shape index (κ1) is 11.4. The van der Waals surface area contributed by atoms with Gasteiger partial charge in [-0.3, -0.25) is 4.79 Å². The quantitative estimate of drug-likeness (QED) is 0.477. The highest BCUT2D eigenvalue weighted by Gasteiger charge is 2.12. The van der Waals surface area contributed by atoms with Crippen LogP contribution in [0, 0.1) is 0 Å². The molecule has 0 bridgehead atoms. The van der Waals surface area contributed by atoms with Gasteiger partial charge in [-0.1, -0.05) is 6.42 Å². The van der Waals surface area contributed by atoms with E-state index in [4.69, 9.17) is 5.11 Å². The molecule has 4 heteroatoms. The lowest BCUT2D eigenvalue weighted by atomic mass is 10.1. The van der Waals surface area contributed by atoms with E-state index in [1.54, 1.807) is 7.05 Å². The number of unbranched alkanes of at least 4 members (excludes halogenated alkanes) is 1. The molecule has 72 valence electrons. The zero-order chi connectivity index (χ0) is 9.40. The molecule has 0 aromatic rings. The number of hydrogen-bond donors (Lipinski definition) is 3. The van der Waals surface area contributed by atoms with Crippen LogP contribution in [0.2, 0.25) is 0 Å². The zero-order valence-electron chi connectivity index (χ0n) is 7.76.